The molecule has 0 aromatic carbocycles. The number of hydrogen-bond acceptors (Lipinski definition) is 3. The van der Waals surface area contributed by atoms with E-state index in [-0.39, 0.29) is 18.0 Å². The van der Waals surface area contributed by atoms with E-state index in [1.54, 1.807) is 0 Å². The Hall–Kier alpha value is -1.30. The highest BCUT2D eigenvalue weighted by molar-refractivity contribution is 5.84. The summed E-state index contributed by atoms with van der Waals surface area (Å²) in [6, 6.07) is -1.06. The van der Waals surface area contributed by atoms with Gasteiger partial charge in [0.2, 0.25) is 0 Å². The number of carboxylic acid groups (broad SMARTS) is 1. The molecule has 2 rings (SSSR count). The first kappa shape index (κ1) is 15.1. The zero-order valence-electron chi connectivity index (χ0n) is 12.2. The standard InChI is InChI=1S/C14H24N2O4/c1-3-20-8-9(2)15-14(19)16-7-10-5-4-6-11(10)12(16)13(17)18/h9-12H,3-8H2,1-2H3,(H,15,19)(H,17,18). The first-order valence-electron chi connectivity index (χ1n) is 7.42. The van der Waals surface area contributed by atoms with E-state index >= 15 is 0 Å². The Kier molecular flexibility index (Phi) is 4.86. The maximum Gasteiger partial charge on any atom is 0.326 e. The Morgan fingerprint density at radius 1 is 1.45 bits per heavy atom. The molecule has 2 N–H and O–H groups in total. The number of nitrogens with one attached hydrogen (secondary N) is 1. The van der Waals surface area contributed by atoms with Crippen LogP contribution in [0.2, 0.25) is 0 Å². The van der Waals surface area contributed by atoms with Gasteiger partial charge in [-0.2, -0.15) is 0 Å². The molecule has 0 spiro atoms. The number of ether oxygens (including phenoxy) is 1. The number of aliphatic carboxylic acids is 1. The summed E-state index contributed by atoms with van der Waals surface area (Å²) >= 11 is 0. The smallest absolute Gasteiger partial charge is 0.326 e. The highest BCUT2D eigenvalue weighted by Gasteiger charge is 2.49. The molecule has 1 saturated carbocycles. The largest absolute Gasteiger partial charge is 0.480 e. The third-order valence-corrected chi connectivity index (χ3v) is 4.35. The van der Waals surface area contributed by atoms with Crippen molar-refractivity contribution < 1.29 is 19.4 Å². The minimum atomic E-state index is -0.882. The Morgan fingerprint density at radius 3 is 2.85 bits per heavy atom. The zero-order chi connectivity index (χ0) is 14.7. The second-order valence-corrected chi connectivity index (χ2v) is 5.80. The second-order valence-electron chi connectivity index (χ2n) is 5.80. The van der Waals surface area contributed by atoms with Crippen LogP contribution in [0.5, 0.6) is 0 Å². The van der Waals surface area contributed by atoms with E-state index in [9.17, 15) is 14.7 Å². The quantitative estimate of drug-likeness (QED) is 0.797. The summed E-state index contributed by atoms with van der Waals surface area (Å²) in [4.78, 5) is 25.2. The predicted octanol–water partition coefficient (Wildman–Crippen LogP) is 1.31. The first-order chi connectivity index (χ1) is 9.54. The van der Waals surface area contributed by atoms with Crippen LogP contribution in [0, 0.1) is 11.8 Å². The lowest BCUT2D eigenvalue weighted by atomic mass is 9.94. The fourth-order valence-electron chi connectivity index (χ4n) is 3.46. The van der Waals surface area contributed by atoms with Gasteiger partial charge in [0.25, 0.3) is 0 Å². The van der Waals surface area contributed by atoms with Crippen LogP contribution in [-0.2, 0) is 9.53 Å². The van der Waals surface area contributed by atoms with Crippen LogP contribution in [0.3, 0.4) is 0 Å². The molecule has 0 radical (unpaired) electrons. The number of carboxylic acids is 1. The molecule has 0 aromatic heterocycles. The molecule has 1 heterocycles. The van der Waals surface area contributed by atoms with E-state index in [0.29, 0.717) is 25.7 Å². The SMILES string of the molecule is CCOCC(C)NC(=O)N1CC2CCCC2C1C(=O)O. The lowest BCUT2D eigenvalue weighted by Crippen LogP contribution is -2.50. The van der Waals surface area contributed by atoms with Crippen molar-refractivity contribution in [3.8, 4) is 0 Å². The molecule has 1 saturated heterocycles. The van der Waals surface area contributed by atoms with Gasteiger partial charge in [0, 0.05) is 13.2 Å². The summed E-state index contributed by atoms with van der Waals surface area (Å²) in [5, 5.41) is 12.2. The molecule has 0 aromatic rings. The molecule has 2 amide bonds. The summed E-state index contributed by atoms with van der Waals surface area (Å²) in [5.41, 5.74) is 0. The van der Waals surface area contributed by atoms with Crippen LogP contribution in [0.1, 0.15) is 33.1 Å². The highest BCUT2D eigenvalue weighted by Crippen LogP contribution is 2.42. The normalized spacial score (nSPS) is 30.1. The van der Waals surface area contributed by atoms with Gasteiger partial charge < -0.3 is 20.1 Å². The number of likely N-dealkylation sites (tertiary alicyclic amines) is 1. The van der Waals surface area contributed by atoms with Crippen LogP contribution in [0.25, 0.3) is 0 Å². The summed E-state index contributed by atoms with van der Waals surface area (Å²) in [6.45, 7) is 5.37. The van der Waals surface area contributed by atoms with Crippen molar-refractivity contribution in [1.82, 2.24) is 10.2 Å². The zero-order valence-corrected chi connectivity index (χ0v) is 12.2. The summed E-state index contributed by atoms with van der Waals surface area (Å²) < 4.78 is 5.26. The molecule has 0 bridgehead atoms. The summed E-state index contributed by atoms with van der Waals surface area (Å²) in [6.07, 6.45) is 3.03. The molecule has 20 heavy (non-hydrogen) atoms. The topological polar surface area (TPSA) is 78.9 Å². The maximum absolute atomic E-state index is 12.3. The second kappa shape index (κ2) is 6.43. The Morgan fingerprint density at radius 2 is 2.20 bits per heavy atom. The summed E-state index contributed by atoms with van der Waals surface area (Å²) in [7, 11) is 0. The van der Waals surface area contributed by atoms with Crippen molar-refractivity contribution in [2.24, 2.45) is 11.8 Å². The van der Waals surface area contributed by atoms with Gasteiger partial charge >= 0.3 is 12.0 Å². The number of urea groups is 1. The molecule has 114 valence electrons. The average Bonchev–Trinajstić information content (AvgIpc) is 2.95. The highest BCUT2D eigenvalue weighted by atomic mass is 16.5. The average molecular weight is 284 g/mol. The lowest BCUT2D eigenvalue weighted by molar-refractivity contribution is -0.142. The van der Waals surface area contributed by atoms with Gasteiger partial charge in [0.15, 0.2) is 0 Å². The minimum Gasteiger partial charge on any atom is -0.480 e. The molecule has 4 unspecified atom stereocenters. The molecule has 6 heteroatoms. The number of amides is 2. The van der Waals surface area contributed by atoms with E-state index in [2.05, 4.69) is 5.32 Å². The van der Waals surface area contributed by atoms with Gasteiger partial charge in [-0.15, -0.1) is 0 Å². The van der Waals surface area contributed by atoms with E-state index in [4.69, 9.17) is 4.74 Å². The van der Waals surface area contributed by atoms with E-state index in [0.717, 1.165) is 19.3 Å². The van der Waals surface area contributed by atoms with Crippen molar-refractivity contribution >= 4 is 12.0 Å². The van der Waals surface area contributed by atoms with Crippen molar-refractivity contribution in [2.75, 3.05) is 19.8 Å². The van der Waals surface area contributed by atoms with E-state index in [1.165, 1.54) is 4.90 Å². The number of rotatable bonds is 5. The van der Waals surface area contributed by atoms with Crippen molar-refractivity contribution in [3.05, 3.63) is 0 Å². The number of fused-ring (bicyclic) bond motifs is 1. The van der Waals surface area contributed by atoms with Gasteiger partial charge in [-0.25, -0.2) is 9.59 Å². The molecule has 6 nitrogen and oxygen atoms in total. The van der Waals surface area contributed by atoms with Crippen molar-refractivity contribution in [1.29, 1.82) is 0 Å². The molecular formula is C14H24N2O4. The number of carbonyl (C=O) groups excluding carboxylic acids is 1. The molecule has 1 aliphatic carbocycles. The molecule has 2 aliphatic rings. The third-order valence-electron chi connectivity index (χ3n) is 4.35. The van der Waals surface area contributed by atoms with Crippen molar-refractivity contribution in [3.63, 3.8) is 0 Å². The maximum atomic E-state index is 12.3. The van der Waals surface area contributed by atoms with Crippen LogP contribution in [-0.4, -0.2) is 53.8 Å². The first-order valence-corrected chi connectivity index (χ1v) is 7.42. The van der Waals surface area contributed by atoms with E-state index in [1.807, 2.05) is 13.8 Å². The van der Waals surface area contributed by atoms with Crippen LogP contribution in [0.4, 0.5) is 4.79 Å². The Labute approximate surface area is 119 Å². The Balaban J connectivity index is 1.96. The van der Waals surface area contributed by atoms with E-state index < -0.39 is 12.0 Å². The van der Waals surface area contributed by atoms with Crippen LogP contribution in [0.15, 0.2) is 0 Å². The minimum absolute atomic E-state index is 0.114. The van der Waals surface area contributed by atoms with Gasteiger partial charge in [-0.1, -0.05) is 6.42 Å². The van der Waals surface area contributed by atoms with Crippen LogP contribution < -0.4 is 5.32 Å². The van der Waals surface area contributed by atoms with Gasteiger partial charge in [-0.3, -0.25) is 0 Å². The number of nitrogens with zero attached hydrogens (tertiary/aromatic N) is 1. The van der Waals surface area contributed by atoms with Gasteiger partial charge in [-0.05, 0) is 38.5 Å². The van der Waals surface area contributed by atoms with Crippen molar-refractivity contribution in [2.45, 2.75) is 45.2 Å². The fourth-order valence-corrected chi connectivity index (χ4v) is 3.46. The molecule has 4 atom stereocenters. The lowest BCUT2D eigenvalue weighted by Gasteiger charge is -2.26. The number of hydrogen-bond donors (Lipinski definition) is 2. The van der Waals surface area contributed by atoms with Gasteiger partial charge in [0.05, 0.1) is 12.6 Å². The Bertz CT molecular complexity index is 374. The fraction of sp³-hybridized carbons (Fsp3) is 0.857. The third kappa shape index (κ3) is 3.06. The van der Waals surface area contributed by atoms with Crippen LogP contribution >= 0.6 is 0 Å². The number of carbonyl (C=O) groups is 2. The molecule has 2 fully saturated rings. The molecular weight excluding hydrogens is 260 g/mol. The van der Waals surface area contributed by atoms with Gasteiger partial charge in [0.1, 0.15) is 6.04 Å². The molecule has 1 aliphatic heterocycles. The monoisotopic (exact) mass is 284 g/mol. The summed E-state index contributed by atoms with van der Waals surface area (Å²) in [5.74, 6) is -0.406. The predicted molar refractivity (Wildman–Crippen MR) is 73.4 cm³/mol.